The summed E-state index contributed by atoms with van der Waals surface area (Å²) >= 11 is 0. The van der Waals surface area contributed by atoms with Crippen molar-refractivity contribution in [2.45, 2.75) is 65.3 Å². The molecule has 0 aliphatic heterocycles. The third-order valence-electron chi connectivity index (χ3n) is 3.66. The van der Waals surface area contributed by atoms with E-state index in [1.165, 1.54) is 12.8 Å². The van der Waals surface area contributed by atoms with Gasteiger partial charge in [0.15, 0.2) is 0 Å². The van der Waals surface area contributed by atoms with Crippen molar-refractivity contribution in [2.75, 3.05) is 13.1 Å². The molecule has 1 aliphatic carbocycles. The van der Waals surface area contributed by atoms with Crippen molar-refractivity contribution < 1.29 is 4.79 Å². The van der Waals surface area contributed by atoms with Crippen LogP contribution in [0.4, 0.5) is 0 Å². The van der Waals surface area contributed by atoms with E-state index in [-0.39, 0.29) is 0 Å². The third kappa shape index (κ3) is 5.38. The lowest BCUT2D eigenvalue weighted by Crippen LogP contribution is -2.36. The number of nitrogens with two attached hydrogens (primary N) is 1. The van der Waals surface area contributed by atoms with Crippen LogP contribution in [0.1, 0.15) is 59.3 Å². The number of carbonyl (C=O) groups excluding carboxylic acids is 1. The summed E-state index contributed by atoms with van der Waals surface area (Å²) < 4.78 is 0. The zero-order valence-electron chi connectivity index (χ0n) is 12.3. The predicted octanol–water partition coefficient (Wildman–Crippen LogP) is 2.79. The molecule has 0 heterocycles. The van der Waals surface area contributed by atoms with E-state index >= 15 is 0 Å². The van der Waals surface area contributed by atoms with Crippen LogP contribution in [-0.2, 0) is 4.79 Å². The van der Waals surface area contributed by atoms with Gasteiger partial charge in [0.25, 0.3) is 0 Å². The van der Waals surface area contributed by atoms with Gasteiger partial charge < -0.3 is 10.6 Å². The van der Waals surface area contributed by atoms with Gasteiger partial charge >= 0.3 is 0 Å². The van der Waals surface area contributed by atoms with Crippen molar-refractivity contribution in [3.8, 4) is 0 Å². The molecular formula is C15H30N2O. The topological polar surface area (TPSA) is 46.3 Å². The minimum Gasteiger partial charge on any atom is -0.340 e. The smallest absolute Gasteiger partial charge is 0.223 e. The van der Waals surface area contributed by atoms with Crippen LogP contribution in [0.3, 0.4) is 0 Å². The maximum atomic E-state index is 12.4. The number of hydrogen-bond acceptors (Lipinski definition) is 2. The van der Waals surface area contributed by atoms with Crippen LogP contribution in [-0.4, -0.2) is 29.9 Å². The standard InChI is InChI=1S/C15H30N2O/c1-4-5-8-17(14-6-7-14)15(18)10-13(11-16)9-12(2)3/h12-14H,4-11,16H2,1-3H3. The van der Waals surface area contributed by atoms with Crippen molar-refractivity contribution in [3.05, 3.63) is 0 Å². The van der Waals surface area contributed by atoms with Crippen molar-refractivity contribution in [3.63, 3.8) is 0 Å². The molecule has 0 bridgehead atoms. The van der Waals surface area contributed by atoms with Gasteiger partial charge in [-0.05, 0) is 44.1 Å². The van der Waals surface area contributed by atoms with Gasteiger partial charge in [0.1, 0.15) is 0 Å². The maximum Gasteiger partial charge on any atom is 0.223 e. The average Bonchev–Trinajstić information content (AvgIpc) is 3.12. The molecule has 0 spiro atoms. The molecular weight excluding hydrogens is 224 g/mol. The monoisotopic (exact) mass is 254 g/mol. The van der Waals surface area contributed by atoms with Gasteiger partial charge in [-0.2, -0.15) is 0 Å². The summed E-state index contributed by atoms with van der Waals surface area (Å²) in [5.74, 6) is 1.32. The number of carbonyl (C=O) groups is 1. The highest BCUT2D eigenvalue weighted by Gasteiger charge is 2.32. The normalized spacial score (nSPS) is 16.9. The van der Waals surface area contributed by atoms with Crippen molar-refractivity contribution in [1.82, 2.24) is 4.90 Å². The van der Waals surface area contributed by atoms with Crippen molar-refractivity contribution in [1.29, 1.82) is 0 Å². The van der Waals surface area contributed by atoms with E-state index < -0.39 is 0 Å². The Labute approximate surface area is 112 Å². The van der Waals surface area contributed by atoms with Crippen LogP contribution in [0.25, 0.3) is 0 Å². The molecule has 1 fully saturated rings. The molecule has 1 unspecified atom stereocenters. The fourth-order valence-electron chi connectivity index (χ4n) is 2.52. The number of nitrogens with zero attached hydrogens (tertiary/aromatic N) is 1. The average molecular weight is 254 g/mol. The Hall–Kier alpha value is -0.570. The Morgan fingerprint density at radius 3 is 2.50 bits per heavy atom. The molecule has 0 aromatic rings. The van der Waals surface area contributed by atoms with Crippen LogP contribution in [0.5, 0.6) is 0 Å². The number of hydrogen-bond donors (Lipinski definition) is 1. The lowest BCUT2D eigenvalue weighted by molar-refractivity contribution is -0.132. The fraction of sp³-hybridized carbons (Fsp3) is 0.933. The summed E-state index contributed by atoms with van der Waals surface area (Å²) in [5, 5.41) is 0. The molecule has 3 nitrogen and oxygen atoms in total. The second-order valence-corrected chi connectivity index (χ2v) is 6.11. The number of rotatable bonds is 9. The molecule has 1 atom stereocenters. The molecule has 1 rings (SSSR count). The molecule has 106 valence electrons. The predicted molar refractivity (Wildman–Crippen MR) is 76.3 cm³/mol. The molecule has 3 heteroatoms. The first-order valence-corrected chi connectivity index (χ1v) is 7.58. The summed E-state index contributed by atoms with van der Waals surface area (Å²) in [4.78, 5) is 14.5. The van der Waals surface area contributed by atoms with Gasteiger partial charge in [0.2, 0.25) is 5.91 Å². The largest absolute Gasteiger partial charge is 0.340 e. The van der Waals surface area contributed by atoms with Crippen LogP contribution in [0, 0.1) is 11.8 Å². The molecule has 0 radical (unpaired) electrons. The first-order valence-electron chi connectivity index (χ1n) is 7.58. The van der Waals surface area contributed by atoms with Crippen molar-refractivity contribution in [2.24, 2.45) is 17.6 Å². The molecule has 0 aromatic carbocycles. The Bertz CT molecular complexity index is 249. The van der Waals surface area contributed by atoms with E-state index in [2.05, 4.69) is 25.7 Å². The second-order valence-electron chi connectivity index (χ2n) is 6.11. The van der Waals surface area contributed by atoms with E-state index in [0.717, 1.165) is 25.8 Å². The SMILES string of the molecule is CCCCN(C(=O)CC(CN)CC(C)C)C1CC1. The van der Waals surface area contributed by atoms with E-state index in [1.807, 2.05) is 0 Å². The lowest BCUT2D eigenvalue weighted by atomic mass is 9.93. The number of unbranched alkanes of at least 4 members (excludes halogenated alkanes) is 1. The van der Waals surface area contributed by atoms with Gasteiger partial charge in [-0.25, -0.2) is 0 Å². The third-order valence-corrected chi connectivity index (χ3v) is 3.66. The van der Waals surface area contributed by atoms with E-state index in [9.17, 15) is 4.79 Å². The molecule has 18 heavy (non-hydrogen) atoms. The molecule has 1 saturated carbocycles. The van der Waals surface area contributed by atoms with Crippen LogP contribution in [0.2, 0.25) is 0 Å². The first-order chi connectivity index (χ1) is 8.58. The van der Waals surface area contributed by atoms with Gasteiger partial charge in [-0.1, -0.05) is 27.2 Å². The fourth-order valence-corrected chi connectivity index (χ4v) is 2.52. The van der Waals surface area contributed by atoms with Gasteiger partial charge in [0.05, 0.1) is 0 Å². The minimum atomic E-state index is 0.335. The van der Waals surface area contributed by atoms with E-state index in [4.69, 9.17) is 5.73 Å². The number of amides is 1. The highest BCUT2D eigenvalue weighted by molar-refractivity contribution is 5.77. The minimum absolute atomic E-state index is 0.335. The van der Waals surface area contributed by atoms with Gasteiger partial charge in [-0.15, -0.1) is 0 Å². The molecule has 2 N–H and O–H groups in total. The summed E-state index contributed by atoms with van der Waals surface area (Å²) in [7, 11) is 0. The Kier molecular flexibility index (Phi) is 6.69. The Morgan fingerprint density at radius 1 is 1.39 bits per heavy atom. The van der Waals surface area contributed by atoms with Crippen LogP contribution >= 0.6 is 0 Å². The zero-order chi connectivity index (χ0) is 13.5. The zero-order valence-corrected chi connectivity index (χ0v) is 12.3. The maximum absolute atomic E-state index is 12.4. The highest BCUT2D eigenvalue weighted by atomic mass is 16.2. The van der Waals surface area contributed by atoms with Crippen molar-refractivity contribution >= 4 is 5.91 Å². The molecule has 0 saturated heterocycles. The molecule has 0 aromatic heterocycles. The first kappa shape index (κ1) is 15.5. The highest BCUT2D eigenvalue weighted by Crippen LogP contribution is 2.28. The van der Waals surface area contributed by atoms with Crippen LogP contribution in [0.15, 0.2) is 0 Å². The Morgan fingerprint density at radius 2 is 2.06 bits per heavy atom. The summed E-state index contributed by atoms with van der Waals surface area (Å²) in [5.41, 5.74) is 5.79. The molecule has 1 amide bonds. The summed E-state index contributed by atoms with van der Waals surface area (Å²) in [6.45, 7) is 8.15. The summed E-state index contributed by atoms with van der Waals surface area (Å²) in [6, 6.07) is 0.543. The summed E-state index contributed by atoms with van der Waals surface area (Å²) in [6.07, 6.45) is 6.39. The second kappa shape index (κ2) is 7.78. The van der Waals surface area contributed by atoms with Gasteiger partial charge in [0, 0.05) is 19.0 Å². The van der Waals surface area contributed by atoms with E-state index in [1.54, 1.807) is 0 Å². The quantitative estimate of drug-likeness (QED) is 0.687. The van der Waals surface area contributed by atoms with Gasteiger partial charge in [-0.3, -0.25) is 4.79 Å². The van der Waals surface area contributed by atoms with E-state index in [0.29, 0.717) is 36.8 Å². The Balaban J connectivity index is 2.43. The van der Waals surface area contributed by atoms with Crippen LogP contribution < -0.4 is 5.73 Å². The lowest BCUT2D eigenvalue weighted by Gasteiger charge is -2.25. The molecule has 1 aliphatic rings.